The Morgan fingerprint density at radius 3 is 2.94 bits per heavy atom. The molecule has 0 fully saturated rings. The van der Waals surface area contributed by atoms with E-state index in [1.54, 1.807) is 29.1 Å². The standard InChI is InChI=1S/C14H17N3O/c1-12(13-5-4-7-15-11-13)16-8-10-17-9-3-2-6-14(17)18/h2-7,9,11-12,16H,8,10H2,1H3/t12-/m0/s1. The maximum atomic E-state index is 11.5. The molecule has 94 valence electrons. The van der Waals surface area contributed by atoms with Gasteiger partial charge in [0, 0.05) is 43.8 Å². The predicted octanol–water partition coefficient (Wildman–Crippen LogP) is 1.59. The molecule has 0 amide bonds. The number of nitrogens with zero attached hydrogens (tertiary/aromatic N) is 2. The van der Waals surface area contributed by atoms with Crippen molar-refractivity contribution in [3.63, 3.8) is 0 Å². The number of hydrogen-bond acceptors (Lipinski definition) is 3. The summed E-state index contributed by atoms with van der Waals surface area (Å²) < 4.78 is 1.70. The van der Waals surface area contributed by atoms with Crippen molar-refractivity contribution in [3.05, 3.63) is 64.8 Å². The third-order valence-electron chi connectivity index (χ3n) is 2.89. The smallest absolute Gasteiger partial charge is 0.250 e. The first-order chi connectivity index (χ1) is 8.77. The molecular weight excluding hydrogens is 226 g/mol. The van der Waals surface area contributed by atoms with E-state index in [2.05, 4.69) is 17.2 Å². The third kappa shape index (κ3) is 3.28. The largest absolute Gasteiger partial charge is 0.314 e. The SMILES string of the molecule is C[C@H](NCCn1ccccc1=O)c1cccnc1. The summed E-state index contributed by atoms with van der Waals surface area (Å²) in [4.78, 5) is 15.6. The van der Waals surface area contributed by atoms with Crippen LogP contribution in [0.4, 0.5) is 0 Å². The number of hydrogen-bond donors (Lipinski definition) is 1. The number of aromatic nitrogens is 2. The Balaban J connectivity index is 1.86. The van der Waals surface area contributed by atoms with E-state index in [1.807, 2.05) is 24.4 Å². The van der Waals surface area contributed by atoms with Gasteiger partial charge >= 0.3 is 0 Å². The van der Waals surface area contributed by atoms with Crippen LogP contribution in [0.1, 0.15) is 18.5 Å². The van der Waals surface area contributed by atoms with Crippen LogP contribution in [0, 0.1) is 0 Å². The lowest BCUT2D eigenvalue weighted by Gasteiger charge is -2.14. The minimum Gasteiger partial charge on any atom is -0.314 e. The van der Waals surface area contributed by atoms with Crippen LogP contribution in [0.2, 0.25) is 0 Å². The lowest BCUT2D eigenvalue weighted by atomic mass is 10.1. The Bertz CT molecular complexity index is 536. The van der Waals surface area contributed by atoms with Gasteiger partial charge in [-0.25, -0.2) is 0 Å². The fraction of sp³-hybridized carbons (Fsp3) is 0.286. The Morgan fingerprint density at radius 1 is 1.33 bits per heavy atom. The van der Waals surface area contributed by atoms with E-state index < -0.39 is 0 Å². The van der Waals surface area contributed by atoms with Gasteiger partial charge in [0.15, 0.2) is 0 Å². The summed E-state index contributed by atoms with van der Waals surface area (Å²) in [6, 6.07) is 9.40. The normalized spacial score (nSPS) is 12.3. The molecule has 0 spiro atoms. The Hall–Kier alpha value is -1.94. The molecule has 18 heavy (non-hydrogen) atoms. The van der Waals surface area contributed by atoms with Crippen molar-refractivity contribution in [1.82, 2.24) is 14.9 Å². The van der Waals surface area contributed by atoms with Gasteiger partial charge in [-0.1, -0.05) is 12.1 Å². The van der Waals surface area contributed by atoms with E-state index in [1.165, 1.54) is 0 Å². The van der Waals surface area contributed by atoms with Gasteiger partial charge < -0.3 is 9.88 Å². The monoisotopic (exact) mass is 243 g/mol. The zero-order valence-corrected chi connectivity index (χ0v) is 10.4. The molecule has 0 saturated heterocycles. The van der Waals surface area contributed by atoms with Crippen LogP contribution < -0.4 is 10.9 Å². The van der Waals surface area contributed by atoms with E-state index in [0.29, 0.717) is 6.54 Å². The second-order valence-electron chi connectivity index (χ2n) is 4.19. The Labute approximate surface area is 106 Å². The van der Waals surface area contributed by atoms with Gasteiger partial charge in [-0.15, -0.1) is 0 Å². The Morgan fingerprint density at radius 2 is 2.22 bits per heavy atom. The molecule has 2 aromatic rings. The van der Waals surface area contributed by atoms with Crippen LogP contribution in [0.15, 0.2) is 53.7 Å². The fourth-order valence-electron chi connectivity index (χ4n) is 1.80. The van der Waals surface area contributed by atoms with E-state index in [4.69, 9.17) is 0 Å². The molecule has 0 aliphatic heterocycles. The average Bonchev–Trinajstić information content (AvgIpc) is 2.42. The number of rotatable bonds is 5. The summed E-state index contributed by atoms with van der Waals surface area (Å²) >= 11 is 0. The van der Waals surface area contributed by atoms with Crippen molar-refractivity contribution < 1.29 is 0 Å². The van der Waals surface area contributed by atoms with Gasteiger partial charge in [-0.05, 0) is 24.6 Å². The molecule has 1 atom stereocenters. The lowest BCUT2D eigenvalue weighted by molar-refractivity contribution is 0.524. The average molecular weight is 243 g/mol. The van der Waals surface area contributed by atoms with Crippen LogP contribution in [-0.4, -0.2) is 16.1 Å². The highest BCUT2D eigenvalue weighted by Gasteiger charge is 2.03. The van der Waals surface area contributed by atoms with E-state index >= 15 is 0 Å². The molecule has 0 aliphatic rings. The van der Waals surface area contributed by atoms with Gasteiger partial charge in [-0.2, -0.15) is 0 Å². The predicted molar refractivity (Wildman–Crippen MR) is 71.4 cm³/mol. The van der Waals surface area contributed by atoms with Crippen molar-refractivity contribution in [3.8, 4) is 0 Å². The van der Waals surface area contributed by atoms with Gasteiger partial charge in [0.05, 0.1) is 0 Å². The molecule has 2 heterocycles. The highest BCUT2D eigenvalue weighted by atomic mass is 16.1. The molecule has 2 aromatic heterocycles. The molecule has 2 rings (SSSR count). The molecule has 0 aliphatic carbocycles. The van der Waals surface area contributed by atoms with E-state index in [0.717, 1.165) is 12.1 Å². The number of pyridine rings is 2. The third-order valence-corrected chi connectivity index (χ3v) is 2.89. The van der Waals surface area contributed by atoms with Gasteiger partial charge in [0.25, 0.3) is 5.56 Å². The fourth-order valence-corrected chi connectivity index (χ4v) is 1.80. The molecule has 4 heteroatoms. The minimum absolute atomic E-state index is 0.0355. The Kier molecular flexibility index (Phi) is 4.25. The van der Waals surface area contributed by atoms with Crippen molar-refractivity contribution in [2.45, 2.75) is 19.5 Å². The summed E-state index contributed by atoms with van der Waals surface area (Å²) in [6.07, 6.45) is 5.42. The summed E-state index contributed by atoms with van der Waals surface area (Å²) in [5.41, 5.74) is 1.19. The maximum Gasteiger partial charge on any atom is 0.250 e. The molecule has 0 radical (unpaired) electrons. The van der Waals surface area contributed by atoms with Crippen molar-refractivity contribution in [2.24, 2.45) is 0 Å². The zero-order valence-electron chi connectivity index (χ0n) is 10.4. The topological polar surface area (TPSA) is 46.9 Å². The van der Waals surface area contributed by atoms with Crippen LogP contribution in [0.25, 0.3) is 0 Å². The molecule has 1 N–H and O–H groups in total. The molecule has 0 bridgehead atoms. The van der Waals surface area contributed by atoms with Crippen LogP contribution in [0.5, 0.6) is 0 Å². The molecule has 0 aromatic carbocycles. The highest BCUT2D eigenvalue weighted by Crippen LogP contribution is 2.08. The van der Waals surface area contributed by atoms with Crippen molar-refractivity contribution in [2.75, 3.05) is 6.54 Å². The first-order valence-corrected chi connectivity index (χ1v) is 6.06. The maximum absolute atomic E-state index is 11.5. The van der Waals surface area contributed by atoms with Crippen LogP contribution in [0.3, 0.4) is 0 Å². The van der Waals surface area contributed by atoms with Crippen molar-refractivity contribution >= 4 is 0 Å². The van der Waals surface area contributed by atoms with E-state index in [-0.39, 0.29) is 11.6 Å². The van der Waals surface area contributed by atoms with Crippen LogP contribution >= 0.6 is 0 Å². The first kappa shape index (κ1) is 12.5. The summed E-state index contributed by atoms with van der Waals surface area (Å²) in [5.74, 6) is 0. The van der Waals surface area contributed by atoms with Gasteiger partial charge in [0.2, 0.25) is 0 Å². The van der Waals surface area contributed by atoms with E-state index in [9.17, 15) is 4.79 Å². The van der Waals surface area contributed by atoms with Crippen molar-refractivity contribution in [1.29, 1.82) is 0 Å². The minimum atomic E-state index is 0.0355. The second-order valence-corrected chi connectivity index (χ2v) is 4.19. The summed E-state index contributed by atoms with van der Waals surface area (Å²) in [7, 11) is 0. The summed E-state index contributed by atoms with van der Waals surface area (Å²) in [5, 5.41) is 3.37. The number of nitrogens with one attached hydrogen (secondary N) is 1. The first-order valence-electron chi connectivity index (χ1n) is 6.06. The lowest BCUT2D eigenvalue weighted by Crippen LogP contribution is -2.27. The second kappa shape index (κ2) is 6.12. The molecule has 0 saturated carbocycles. The zero-order chi connectivity index (χ0) is 12.8. The van der Waals surface area contributed by atoms with Gasteiger partial charge in [-0.3, -0.25) is 9.78 Å². The molecule has 0 unspecified atom stereocenters. The van der Waals surface area contributed by atoms with Gasteiger partial charge in [0.1, 0.15) is 0 Å². The molecular formula is C14H17N3O. The quantitative estimate of drug-likeness (QED) is 0.867. The summed E-state index contributed by atoms with van der Waals surface area (Å²) in [6.45, 7) is 3.51. The van der Waals surface area contributed by atoms with Crippen LogP contribution in [-0.2, 0) is 6.54 Å². The highest BCUT2D eigenvalue weighted by molar-refractivity contribution is 5.12. The molecule has 4 nitrogen and oxygen atoms in total.